The fourth-order valence-electron chi connectivity index (χ4n) is 1.47. The van der Waals surface area contributed by atoms with Crippen LogP contribution in [0.25, 0.3) is 0 Å². The van der Waals surface area contributed by atoms with Crippen LogP contribution in [-0.4, -0.2) is 5.91 Å². The van der Waals surface area contributed by atoms with Crippen molar-refractivity contribution < 1.29 is 9.18 Å². The van der Waals surface area contributed by atoms with E-state index in [1.807, 2.05) is 0 Å². The molecule has 0 bridgehead atoms. The van der Waals surface area contributed by atoms with Gasteiger partial charge in [0.2, 0.25) is 0 Å². The number of carbonyl (C=O) groups excluding carboxylic acids is 1. The van der Waals surface area contributed by atoms with Gasteiger partial charge in [-0.3, -0.25) is 4.79 Å². The summed E-state index contributed by atoms with van der Waals surface area (Å²) in [5.41, 5.74) is 0.0543. The van der Waals surface area contributed by atoms with Crippen LogP contribution in [0.3, 0.4) is 0 Å². The Labute approximate surface area is 124 Å². The molecular formula is C13H7Cl3FNO. The molecule has 0 saturated heterocycles. The smallest absolute Gasteiger partial charge is 0.258 e. The van der Waals surface area contributed by atoms with Gasteiger partial charge in [0.25, 0.3) is 5.91 Å². The second-order valence-corrected chi connectivity index (χ2v) is 4.93. The van der Waals surface area contributed by atoms with Crippen molar-refractivity contribution in [3.05, 3.63) is 62.8 Å². The van der Waals surface area contributed by atoms with Gasteiger partial charge in [-0.1, -0.05) is 40.9 Å². The van der Waals surface area contributed by atoms with E-state index in [-0.39, 0.29) is 26.3 Å². The van der Waals surface area contributed by atoms with E-state index in [2.05, 4.69) is 5.32 Å². The van der Waals surface area contributed by atoms with E-state index in [4.69, 9.17) is 34.8 Å². The van der Waals surface area contributed by atoms with Crippen molar-refractivity contribution >= 4 is 46.4 Å². The van der Waals surface area contributed by atoms with E-state index >= 15 is 0 Å². The Morgan fingerprint density at radius 3 is 2.32 bits per heavy atom. The first-order chi connectivity index (χ1) is 8.99. The van der Waals surface area contributed by atoms with Crippen molar-refractivity contribution in [1.82, 2.24) is 0 Å². The fourth-order valence-corrected chi connectivity index (χ4v) is 2.13. The summed E-state index contributed by atoms with van der Waals surface area (Å²) < 4.78 is 13.5. The first-order valence-corrected chi connectivity index (χ1v) is 6.33. The van der Waals surface area contributed by atoms with Gasteiger partial charge in [0, 0.05) is 5.02 Å². The number of hydrogen-bond donors (Lipinski definition) is 1. The summed E-state index contributed by atoms with van der Waals surface area (Å²) in [6, 6.07) is 8.48. The molecule has 6 heteroatoms. The highest BCUT2D eigenvalue weighted by Crippen LogP contribution is 2.30. The van der Waals surface area contributed by atoms with Gasteiger partial charge in [0.05, 0.1) is 21.3 Å². The largest absolute Gasteiger partial charge is 0.319 e. The van der Waals surface area contributed by atoms with Gasteiger partial charge in [-0.05, 0) is 30.3 Å². The second kappa shape index (κ2) is 5.78. The minimum atomic E-state index is -0.676. The lowest BCUT2D eigenvalue weighted by molar-refractivity contribution is 0.102. The molecule has 98 valence electrons. The van der Waals surface area contributed by atoms with E-state index in [0.717, 1.165) is 6.07 Å². The Hall–Kier alpha value is -1.29. The van der Waals surface area contributed by atoms with Gasteiger partial charge >= 0.3 is 0 Å². The maximum Gasteiger partial charge on any atom is 0.258 e. The van der Waals surface area contributed by atoms with Crippen LogP contribution < -0.4 is 5.32 Å². The second-order valence-electron chi connectivity index (χ2n) is 3.67. The standard InChI is InChI=1S/C13H7Cl3FNO/c14-7-4-5-11(17)8(6-7)13(19)18-12-9(15)2-1-3-10(12)16/h1-6H,(H,18,19). The molecule has 1 N–H and O–H groups in total. The van der Waals surface area contributed by atoms with Crippen molar-refractivity contribution in [2.75, 3.05) is 5.32 Å². The summed E-state index contributed by atoms with van der Waals surface area (Å²) >= 11 is 17.6. The van der Waals surface area contributed by atoms with Crippen molar-refractivity contribution in [1.29, 1.82) is 0 Å². The monoisotopic (exact) mass is 317 g/mol. The van der Waals surface area contributed by atoms with Crippen LogP contribution in [0.2, 0.25) is 15.1 Å². The Kier molecular flexibility index (Phi) is 4.30. The number of benzene rings is 2. The third kappa shape index (κ3) is 3.18. The lowest BCUT2D eigenvalue weighted by atomic mass is 10.2. The van der Waals surface area contributed by atoms with Crippen molar-refractivity contribution in [3.63, 3.8) is 0 Å². The molecule has 0 saturated carbocycles. The number of amides is 1. The Morgan fingerprint density at radius 1 is 1.05 bits per heavy atom. The first kappa shape index (κ1) is 14.1. The van der Waals surface area contributed by atoms with Gasteiger partial charge in [0.1, 0.15) is 5.82 Å². The number of hydrogen-bond acceptors (Lipinski definition) is 1. The summed E-state index contributed by atoms with van der Waals surface area (Å²) in [4.78, 5) is 12.0. The van der Waals surface area contributed by atoms with Crippen LogP contribution in [0.1, 0.15) is 10.4 Å². The van der Waals surface area contributed by atoms with Crippen LogP contribution in [0.15, 0.2) is 36.4 Å². The zero-order valence-corrected chi connectivity index (χ0v) is 11.7. The molecular weight excluding hydrogens is 312 g/mol. The normalized spacial score (nSPS) is 10.3. The quantitative estimate of drug-likeness (QED) is 0.826. The molecule has 0 fully saturated rings. The SMILES string of the molecule is O=C(Nc1c(Cl)cccc1Cl)c1cc(Cl)ccc1F. The summed E-state index contributed by atoms with van der Waals surface area (Å²) in [5, 5.41) is 3.26. The summed E-state index contributed by atoms with van der Waals surface area (Å²) in [5.74, 6) is -1.35. The van der Waals surface area contributed by atoms with Gasteiger partial charge in [0.15, 0.2) is 0 Å². The Morgan fingerprint density at radius 2 is 1.68 bits per heavy atom. The van der Waals surface area contributed by atoms with Gasteiger partial charge in [-0.2, -0.15) is 0 Å². The molecule has 0 aliphatic rings. The molecule has 0 spiro atoms. The molecule has 2 aromatic rings. The van der Waals surface area contributed by atoms with E-state index < -0.39 is 11.7 Å². The molecule has 0 radical (unpaired) electrons. The average Bonchev–Trinajstić information content (AvgIpc) is 2.37. The Balaban J connectivity index is 2.34. The highest BCUT2D eigenvalue weighted by molar-refractivity contribution is 6.40. The number of nitrogens with one attached hydrogen (secondary N) is 1. The van der Waals surface area contributed by atoms with Crippen molar-refractivity contribution in [3.8, 4) is 0 Å². The Bertz CT molecular complexity index is 626. The molecule has 2 rings (SSSR count). The summed E-state index contributed by atoms with van der Waals surface area (Å²) in [6.07, 6.45) is 0. The molecule has 0 aromatic heterocycles. The maximum atomic E-state index is 13.5. The van der Waals surface area contributed by atoms with Crippen LogP contribution >= 0.6 is 34.8 Å². The van der Waals surface area contributed by atoms with Crippen LogP contribution in [-0.2, 0) is 0 Å². The predicted octanol–water partition coefficient (Wildman–Crippen LogP) is 5.04. The maximum absolute atomic E-state index is 13.5. The van der Waals surface area contributed by atoms with E-state index in [0.29, 0.717) is 0 Å². The molecule has 0 unspecified atom stereocenters. The predicted molar refractivity (Wildman–Crippen MR) is 75.8 cm³/mol. The molecule has 0 atom stereocenters. The number of rotatable bonds is 2. The molecule has 19 heavy (non-hydrogen) atoms. The van der Waals surface area contributed by atoms with Crippen LogP contribution in [0.4, 0.5) is 10.1 Å². The first-order valence-electron chi connectivity index (χ1n) is 5.19. The molecule has 0 aliphatic heterocycles. The lowest BCUT2D eigenvalue weighted by Gasteiger charge is -2.09. The topological polar surface area (TPSA) is 29.1 Å². The number of carbonyl (C=O) groups is 1. The number of halogens is 4. The van der Waals surface area contributed by atoms with Gasteiger partial charge in [-0.25, -0.2) is 4.39 Å². The number of para-hydroxylation sites is 1. The number of anilines is 1. The van der Waals surface area contributed by atoms with E-state index in [1.54, 1.807) is 18.2 Å². The zero-order chi connectivity index (χ0) is 14.0. The summed E-state index contributed by atoms with van der Waals surface area (Å²) in [7, 11) is 0. The lowest BCUT2D eigenvalue weighted by Crippen LogP contribution is -2.14. The van der Waals surface area contributed by atoms with Crippen LogP contribution in [0, 0.1) is 5.82 Å². The van der Waals surface area contributed by atoms with Gasteiger partial charge < -0.3 is 5.32 Å². The van der Waals surface area contributed by atoms with Crippen molar-refractivity contribution in [2.45, 2.75) is 0 Å². The summed E-state index contributed by atoms with van der Waals surface area (Å²) in [6.45, 7) is 0. The minimum Gasteiger partial charge on any atom is -0.319 e. The highest BCUT2D eigenvalue weighted by Gasteiger charge is 2.15. The minimum absolute atomic E-state index is 0.177. The molecule has 2 aromatic carbocycles. The third-order valence-corrected chi connectivity index (χ3v) is 3.24. The highest BCUT2D eigenvalue weighted by atomic mass is 35.5. The molecule has 0 aliphatic carbocycles. The molecule has 1 amide bonds. The van der Waals surface area contributed by atoms with Crippen LogP contribution in [0.5, 0.6) is 0 Å². The van der Waals surface area contributed by atoms with E-state index in [1.165, 1.54) is 12.1 Å². The average molecular weight is 319 g/mol. The van der Waals surface area contributed by atoms with E-state index in [9.17, 15) is 9.18 Å². The molecule has 0 heterocycles. The van der Waals surface area contributed by atoms with Gasteiger partial charge in [-0.15, -0.1) is 0 Å². The van der Waals surface area contributed by atoms with Crippen molar-refractivity contribution in [2.24, 2.45) is 0 Å². The molecule has 2 nitrogen and oxygen atoms in total. The fraction of sp³-hybridized carbons (Fsp3) is 0. The third-order valence-electron chi connectivity index (χ3n) is 2.37. The zero-order valence-electron chi connectivity index (χ0n) is 9.38.